The maximum Gasteiger partial charge on any atom is 0.150 e. The van der Waals surface area contributed by atoms with Crippen molar-refractivity contribution < 1.29 is 13.2 Å². The van der Waals surface area contributed by atoms with Gasteiger partial charge in [-0.3, -0.25) is 4.79 Å². The summed E-state index contributed by atoms with van der Waals surface area (Å²) in [4.78, 5) is 11.5. The van der Waals surface area contributed by atoms with Crippen LogP contribution in [-0.4, -0.2) is 32.3 Å². The fourth-order valence-corrected chi connectivity index (χ4v) is 2.87. The van der Waals surface area contributed by atoms with E-state index in [1.54, 1.807) is 0 Å². The van der Waals surface area contributed by atoms with Crippen LogP contribution < -0.4 is 5.73 Å². The van der Waals surface area contributed by atoms with Gasteiger partial charge in [-0.2, -0.15) is 0 Å². The normalized spacial score (nSPS) is 13.7. The van der Waals surface area contributed by atoms with Crippen molar-refractivity contribution in [1.29, 1.82) is 0 Å². The summed E-state index contributed by atoms with van der Waals surface area (Å²) >= 11 is 0. The number of hydrogen-bond donors (Lipinski definition) is 1. The molecular weight excluding hydrogens is 226 g/mol. The highest BCUT2D eigenvalue weighted by Crippen LogP contribution is 2.09. The first-order valence-corrected chi connectivity index (χ1v) is 7.69. The second-order valence-electron chi connectivity index (χ2n) is 4.15. The molecule has 0 amide bonds. The minimum absolute atomic E-state index is 0.0111. The summed E-state index contributed by atoms with van der Waals surface area (Å²) in [6.07, 6.45) is 2.02. The summed E-state index contributed by atoms with van der Waals surface area (Å²) in [7, 11) is -3.03. The number of Topliss-reactive ketones (excluding diaryl/α,β-unsaturated/α-hetero) is 1. The van der Waals surface area contributed by atoms with E-state index in [0.717, 1.165) is 6.42 Å². The molecule has 0 rings (SSSR count). The van der Waals surface area contributed by atoms with E-state index < -0.39 is 9.84 Å². The molecule has 0 aromatic carbocycles. The molecule has 16 heavy (non-hydrogen) atoms. The van der Waals surface area contributed by atoms with Crippen molar-refractivity contribution in [2.75, 3.05) is 18.1 Å². The lowest BCUT2D eigenvalue weighted by Gasteiger charge is -2.10. The van der Waals surface area contributed by atoms with Gasteiger partial charge in [0.05, 0.1) is 5.75 Å². The predicted octanol–water partition coefficient (Wildman–Crippen LogP) is 1.15. The molecule has 5 heteroatoms. The lowest BCUT2D eigenvalue weighted by Crippen LogP contribution is -2.20. The van der Waals surface area contributed by atoms with Crippen LogP contribution in [0.1, 0.15) is 39.5 Å². The first-order valence-electron chi connectivity index (χ1n) is 5.87. The maximum atomic E-state index is 11.5. The number of carbonyl (C=O) groups excluding carboxylic acids is 1. The zero-order chi connectivity index (χ0) is 12.6. The third-order valence-corrected chi connectivity index (χ3v) is 4.49. The largest absolute Gasteiger partial charge is 0.330 e. The van der Waals surface area contributed by atoms with Gasteiger partial charge in [0.1, 0.15) is 5.78 Å². The third kappa shape index (κ3) is 6.95. The number of nitrogens with two attached hydrogens (primary N) is 1. The summed E-state index contributed by atoms with van der Waals surface area (Å²) in [5.74, 6) is 0.369. The van der Waals surface area contributed by atoms with Gasteiger partial charge in [0.2, 0.25) is 0 Å². The van der Waals surface area contributed by atoms with Gasteiger partial charge in [-0.15, -0.1) is 0 Å². The summed E-state index contributed by atoms with van der Waals surface area (Å²) < 4.78 is 22.8. The Hall–Kier alpha value is -0.420. The highest BCUT2D eigenvalue weighted by atomic mass is 32.2. The van der Waals surface area contributed by atoms with Crippen molar-refractivity contribution in [1.82, 2.24) is 0 Å². The average molecular weight is 249 g/mol. The zero-order valence-electron chi connectivity index (χ0n) is 10.2. The molecule has 0 aliphatic carbocycles. The Kier molecular flexibility index (Phi) is 7.58. The lowest BCUT2D eigenvalue weighted by atomic mass is 9.99. The van der Waals surface area contributed by atoms with Crippen LogP contribution in [0.25, 0.3) is 0 Å². The number of rotatable bonds is 9. The average Bonchev–Trinajstić information content (AvgIpc) is 2.23. The van der Waals surface area contributed by atoms with Crippen LogP contribution in [0, 0.1) is 5.92 Å². The molecule has 0 fully saturated rings. The van der Waals surface area contributed by atoms with Gasteiger partial charge in [0.15, 0.2) is 9.84 Å². The Morgan fingerprint density at radius 3 is 2.31 bits per heavy atom. The van der Waals surface area contributed by atoms with Gasteiger partial charge in [0.25, 0.3) is 0 Å². The lowest BCUT2D eigenvalue weighted by molar-refractivity contribution is -0.119. The number of ketones is 1. The SMILES string of the molecule is CCCS(=O)(=O)CCC(=O)CC(CC)CN. The predicted molar refractivity (Wildman–Crippen MR) is 66.0 cm³/mol. The van der Waals surface area contributed by atoms with Crippen molar-refractivity contribution in [3.63, 3.8) is 0 Å². The molecule has 4 nitrogen and oxygen atoms in total. The highest BCUT2D eigenvalue weighted by molar-refractivity contribution is 7.91. The molecule has 0 aliphatic rings. The Morgan fingerprint density at radius 1 is 1.25 bits per heavy atom. The molecule has 0 bridgehead atoms. The zero-order valence-corrected chi connectivity index (χ0v) is 11.1. The molecule has 2 N–H and O–H groups in total. The van der Waals surface area contributed by atoms with E-state index in [1.165, 1.54) is 0 Å². The minimum atomic E-state index is -3.03. The van der Waals surface area contributed by atoms with Gasteiger partial charge in [-0.25, -0.2) is 8.42 Å². The van der Waals surface area contributed by atoms with E-state index in [1.807, 2.05) is 13.8 Å². The van der Waals surface area contributed by atoms with Crippen LogP contribution in [0.5, 0.6) is 0 Å². The van der Waals surface area contributed by atoms with Crippen LogP contribution in [0.4, 0.5) is 0 Å². The van der Waals surface area contributed by atoms with E-state index in [2.05, 4.69) is 0 Å². The van der Waals surface area contributed by atoms with Crippen molar-refractivity contribution >= 4 is 15.6 Å². The van der Waals surface area contributed by atoms with Crippen molar-refractivity contribution in [2.24, 2.45) is 11.7 Å². The maximum absolute atomic E-state index is 11.5. The first-order chi connectivity index (χ1) is 7.45. The summed E-state index contributed by atoms with van der Waals surface area (Å²) in [5.41, 5.74) is 5.49. The summed E-state index contributed by atoms with van der Waals surface area (Å²) in [5, 5.41) is 0. The number of hydrogen-bond acceptors (Lipinski definition) is 4. The van der Waals surface area contributed by atoms with Crippen LogP contribution in [0.15, 0.2) is 0 Å². The molecule has 1 atom stereocenters. The van der Waals surface area contributed by atoms with Crippen LogP contribution in [-0.2, 0) is 14.6 Å². The van der Waals surface area contributed by atoms with Crippen LogP contribution in [0.3, 0.4) is 0 Å². The smallest absolute Gasteiger partial charge is 0.150 e. The Labute approximate surface area is 98.5 Å². The Morgan fingerprint density at radius 2 is 1.88 bits per heavy atom. The van der Waals surface area contributed by atoms with Crippen molar-refractivity contribution in [2.45, 2.75) is 39.5 Å². The van der Waals surface area contributed by atoms with Gasteiger partial charge < -0.3 is 5.73 Å². The molecule has 96 valence electrons. The molecule has 0 saturated heterocycles. The quantitative estimate of drug-likeness (QED) is 0.665. The Bertz CT molecular complexity index is 294. The standard InChI is InChI=1S/C11H23NO3S/c1-3-6-16(14,15)7-5-11(13)8-10(4-2)9-12/h10H,3-9,12H2,1-2H3. The molecule has 0 aliphatic heterocycles. The van der Waals surface area contributed by atoms with Gasteiger partial charge in [-0.1, -0.05) is 20.3 Å². The molecule has 0 radical (unpaired) electrons. The summed E-state index contributed by atoms with van der Waals surface area (Å²) in [6.45, 7) is 4.30. The van der Waals surface area contributed by atoms with Crippen molar-refractivity contribution in [3.8, 4) is 0 Å². The monoisotopic (exact) mass is 249 g/mol. The molecular formula is C11H23NO3S. The second-order valence-corrected chi connectivity index (χ2v) is 6.46. The van der Waals surface area contributed by atoms with E-state index in [4.69, 9.17) is 5.73 Å². The molecule has 1 unspecified atom stereocenters. The van der Waals surface area contributed by atoms with Crippen molar-refractivity contribution in [3.05, 3.63) is 0 Å². The first kappa shape index (κ1) is 15.6. The van der Waals surface area contributed by atoms with E-state index in [-0.39, 0.29) is 29.6 Å². The van der Waals surface area contributed by atoms with E-state index >= 15 is 0 Å². The number of carbonyl (C=O) groups is 1. The fraction of sp³-hybridized carbons (Fsp3) is 0.909. The highest BCUT2D eigenvalue weighted by Gasteiger charge is 2.15. The van der Waals surface area contributed by atoms with Gasteiger partial charge >= 0.3 is 0 Å². The second kappa shape index (κ2) is 7.79. The van der Waals surface area contributed by atoms with Crippen LogP contribution >= 0.6 is 0 Å². The van der Waals surface area contributed by atoms with Gasteiger partial charge in [-0.05, 0) is 18.9 Å². The minimum Gasteiger partial charge on any atom is -0.330 e. The van der Waals surface area contributed by atoms with E-state index in [9.17, 15) is 13.2 Å². The van der Waals surface area contributed by atoms with Crippen LogP contribution in [0.2, 0.25) is 0 Å². The third-order valence-electron chi connectivity index (χ3n) is 2.63. The fourth-order valence-electron chi connectivity index (χ4n) is 1.50. The Balaban J connectivity index is 3.98. The number of sulfone groups is 1. The summed E-state index contributed by atoms with van der Waals surface area (Å²) in [6, 6.07) is 0. The van der Waals surface area contributed by atoms with E-state index in [0.29, 0.717) is 19.4 Å². The topological polar surface area (TPSA) is 77.2 Å². The molecule has 0 aromatic rings. The molecule has 0 spiro atoms. The molecule has 0 heterocycles. The molecule has 0 aromatic heterocycles. The molecule has 0 saturated carbocycles. The van der Waals surface area contributed by atoms with Gasteiger partial charge in [0, 0.05) is 18.6 Å².